The van der Waals surface area contributed by atoms with Gasteiger partial charge >= 0.3 is 0 Å². The van der Waals surface area contributed by atoms with Crippen LogP contribution in [0, 0.1) is 0 Å². The van der Waals surface area contributed by atoms with E-state index >= 15 is 0 Å². The van der Waals surface area contributed by atoms with E-state index in [0.717, 1.165) is 16.6 Å². The van der Waals surface area contributed by atoms with Crippen molar-refractivity contribution < 1.29 is 4.74 Å². The van der Waals surface area contributed by atoms with Crippen molar-refractivity contribution in [2.45, 2.75) is 5.33 Å². The maximum absolute atomic E-state index is 5.93. The molecule has 0 unspecified atom stereocenters. The van der Waals surface area contributed by atoms with E-state index in [-0.39, 0.29) is 0 Å². The lowest BCUT2D eigenvalue weighted by atomic mass is 10.2. The fraction of sp³-hybridized carbons (Fsp3) is 0.0833. The van der Waals surface area contributed by atoms with E-state index in [0.29, 0.717) is 10.8 Å². The van der Waals surface area contributed by atoms with Crippen molar-refractivity contribution in [2.75, 3.05) is 0 Å². The molecule has 1 aromatic heterocycles. The number of halogens is 2. The molecular weight excluding hydrogens is 289 g/mol. The van der Waals surface area contributed by atoms with Gasteiger partial charge in [0.15, 0.2) is 0 Å². The van der Waals surface area contributed by atoms with Crippen molar-refractivity contribution in [3.63, 3.8) is 0 Å². The topological polar surface area (TPSA) is 22.1 Å². The van der Waals surface area contributed by atoms with Gasteiger partial charge in [0.25, 0.3) is 0 Å². The Balaban J connectivity index is 2.30. The number of hydrogen-bond acceptors (Lipinski definition) is 2. The number of rotatable bonds is 3. The number of alkyl halides is 1. The summed E-state index contributed by atoms with van der Waals surface area (Å²) in [6, 6.07) is 9.25. The number of ether oxygens (including phenoxy) is 1. The van der Waals surface area contributed by atoms with Crippen LogP contribution < -0.4 is 4.74 Å². The first-order valence-electron chi connectivity index (χ1n) is 4.72. The largest absolute Gasteiger partial charge is 0.455 e. The quantitative estimate of drug-likeness (QED) is 0.782. The van der Waals surface area contributed by atoms with E-state index in [9.17, 15) is 0 Å². The van der Waals surface area contributed by atoms with E-state index in [4.69, 9.17) is 16.3 Å². The molecule has 0 spiro atoms. The lowest BCUT2D eigenvalue weighted by Crippen LogP contribution is -1.89. The minimum absolute atomic E-state index is 0.656. The monoisotopic (exact) mass is 297 g/mol. The number of aromatic nitrogens is 1. The first-order valence-corrected chi connectivity index (χ1v) is 6.22. The lowest BCUT2D eigenvalue weighted by molar-refractivity contribution is 0.476. The highest BCUT2D eigenvalue weighted by atomic mass is 79.9. The van der Waals surface area contributed by atoms with Gasteiger partial charge < -0.3 is 4.74 Å². The third-order valence-corrected chi connectivity index (χ3v) is 2.87. The molecule has 0 radical (unpaired) electrons. The molecule has 0 aliphatic carbocycles. The van der Waals surface area contributed by atoms with Gasteiger partial charge in [-0.15, -0.1) is 0 Å². The van der Waals surface area contributed by atoms with Crippen molar-refractivity contribution in [1.82, 2.24) is 4.98 Å². The van der Waals surface area contributed by atoms with Gasteiger partial charge in [0.2, 0.25) is 0 Å². The Labute approximate surface area is 107 Å². The molecule has 4 heteroatoms. The Morgan fingerprint density at radius 2 is 2.19 bits per heavy atom. The zero-order chi connectivity index (χ0) is 11.4. The van der Waals surface area contributed by atoms with Crippen LogP contribution in [0.5, 0.6) is 11.5 Å². The SMILES string of the molecule is Clc1ccc(CBr)c(Oc2cccnc2)c1. The fourth-order valence-electron chi connectivity index (χ4n) is 1.27. The molecule has 2 rings (SSSR count). The lowest BCUT2D eigenvalue weighted by Gasteiger charge is -2.09. The molecule has 2 nitrogen and oxygen atoms in total. The Morgan fingerprint density at radius 3 is 2.88 bits per heavy atom. The molecule has 0 amide bonds. The van der Waals surface area contributed by atoms with Crippen molar-refractivity contribution >= 4 is 27.5 Å². The molecule has 0 saturated carbocycles. The van der Waals surface area contributed by atoms with Gasteiger partial charge in [-0.3, -0.25) is 4.98 Å². The molecule has 2 aromatic rings. The van der Waals surface area contributed by atoms with Gasteiger partial charge in [0, 0.05) is 22.1 Å². The van der Waals surface area contributed by atoms with Gasteiger partial charge in [-0.2, -0.15) is 0 Å². The summed E-state index contributed by atoms with van der Waals surface area (Å²) < 4.78 is 5.70. The average Bonchev–Trinajstić information content (AvgIpc) is 2.31. The van der Waals surface area contributed by atoms with Crippen molar-refractivity contribution in [1.29, 1.82) is 0 Å². The summed E-state index contributed by atoms with van der Waals surface area (Å²) >= 11 is 9.34. The molecule has 0 aliphatic rings. The second kappa shape index (κ2) is 5.32. The van der Waals surface area contributed by atoms with Crippen LogP contribution in [0.1, 0.15) is 5.56 Å². The molecule has 1 heterocycles. The zero-order valence-electron chi connectivity index (χ0n) is 8.36. The third kappa shape index (κ3) is 2.74. The number of pyridine rings is 1. The molecule has 0 bridgehead atoms. The van der Waals surface area contributed by atoms with Crippen molar-refractivity contribution in [2.24, 2.45) is 0 Å². The van der Waals surface area contributed by atoms with Crippen LogP contribution in [0.4, 0.5) is 0 Å². The summed E-state index contributed by atoms with van der Waals surface area (Å²) in [5.41, 5.74) is 1.05. The van der Waals surface area contributed by atoms with Gasteiger partial charge in [-0.25, -0.2) is 0 Å². The predicted octanol–water partition coefficient (Wildman–Crippen LogP) is 4.42. The predicted molar refractivity (Wildman–Crippen MR) is 68.4 cm³/mol. The molecule has 0 N–H and O–H groups in total. The van der Waals surface area contributed by atoms with Crippen LogP contribution in [0.2, 0.25) is 5.02 Å². The summed E-state index contributed by atoms with van der Waals surface area (Å²) in [6.45, 7) is 0. The second-order valence-corrected chi connectivity index (χ2v) is 4.17. The first-order chi connectivity index (χ1) is 7.79. The molecule has 0 atom stereocenters. The van der Waals surface area contributed by atoms with Gasteiger partial charge in [0.1, 0.15) is 11.5 Å². The van der Waals surface area contributed by atoms with Crippen LogP contribution >= 0.6 is 27.5 Å². The van der Waals surface area contributed by atoms with E-state index in [1.165, 1.54) is 0 Å². The maximum atomic E-state index is 5.93. The summed E-state index contributed by atoms with van der Waals surface area (Å²) in [4.78, 5) is 3.99. The third-order valence-electron chi connectivity index (χ3n) is 2.04. The maximum Gasteiger partial charge on any atom is 0.145 e. The summed E-state index contributed by atoms with van der Waals surface area (Å²) in [6.07, 6.45) is 3.37. The first kappa shape index (κ1) is 11.4. The molecule has 0 fully saturated rings. The van der Waals surface area contributed by atoms with Gasteiger partial charge in [-0.1, -0.05) is 33.6 Å². The molecule has 16 heavy (non-hydrogen) atoms. The summed E-state index contributed by atoms with van der Waals surface area (Å²) in [5.74, 6) is 1.45. The van der Waals surface area contributed by atoms with E-state index < -0.39 is 0 Å². The van der Waals surface area contributed by atoms with Crippen molar-refractivity contribution in [3.05, 3.63) is 53.3 Å². The molecule has 0 aliphatic heterocycles. The van der Waals surface area contributed by atoms with Gasteiger partial charge in [0.05, 0.1) is 6.20 Å². The van der Waals surface area contributed by atoms with Crippen molar-refractivity contribution in [3.8, 4) is 11.5 Å². The standard InChI is InChI=1S/C12H9BrClNO/c13-7-9-3-4-10(14)6-12(9)16-11-2-1-5-15-8-11/h1-6,8H,7H2. The zero-order valence-corrected chi connectivity index (χ0v) is 10.7. The minimum atomic E-state index is 0.656. The molecular formula is C12H9BrClNO. The van der Waals surface area contributed by atoms with Crippen LogP contribution in [0.3, 0.4) is 0 Å². The normalized spacial score (nSPS) is 10.1. The number of hydrogen-bond donors (Lipinski definition) is 0. The highest BCUT2D eigenvalue weighted by Crippen LogP contribution is 2.29. The van der Waals surface area contributed by atoms with E-state index in [1.54, 1.807) is 18.5 Å². The molecule has 0 saturated heterocycles. The van der Waals surface area contributed by atoms with Crippen LogP contribution in [0.15, 0.2) is 42.7 Å². The smallest absolute Gasteiger partial charge is 0.145 e. The van der Waals surface area contributed by atoms with Crippen LogP contribution in [0.25, 0.3) is 0 Å². The Kier molecular flexibility index (Phi) is 3.80. The molecule has 82 valence electrons. The Bertz CT molecular complexity index is 476. The summed E-state index contributed by atoms with van der Waals surface area (Å²) in [5, 5.41) is 1.38. The van der Waals surface area contributed by atoms with E-state index in [2.05, 4.69) is 20.9 Å². The fourth-order valence-corrected chi connectivity index (χ4v) is 1.89. The number of nitrogens with zero attached hydrogens (tertiary/aromatic N) is 1. The molecule has 1 aromatic carbocycles. The highest BCUT2D eigenvalue weighted by Gasteiger charge is 2.04. The average molecular weight is 299 g/mol. The van der Waals surface area contributed by atoms with Crippen LogP contribution in [-0.2, 0) is 5.33 Å². The van der Waals surface area contributed by atoms with Gasteiger partial charge in [-0.05, 0) is 24.3 Å². The highest BCUT2D eigenvalue weighted by molar-refractivity contribution is 9.08. The van der Waals surface area contributed by atoms with Crippen LogP contribution in [-0.4, -0.2) is 4.98 Å². The van der Waals surface area contributed by atoms with E-state index in [1.807, 2.05) is 24.3 Å². The number of benzene rings is 1. The Morgan fingerprint density at radius 1 is 1.31 bits per heavy atom. The minimum Gasteiger partial charge on any atom is -0.455 e. The Hall–Kier alpha value is -1.06. The second-order valence-electron chi connectivity index (χ2n) is 3.18. The summed E-state index contributed by atoms with van der Waals surface area (Å²) in [7, 11) is 0.